The molecule has 1 aliphatic carbocycles. The van der Waals surface area contributed by atoms with Crippen LogP contribution in [0.3, 0.4) is 0 Å². The first-order chi connectivity index (χ1) is 8.94. The molecule has 0 bridgehead atoms. The van der Waals surface area contributed by atoms with E-state index in [2.05, 4.69) is 4.72 Å². The summed E-state index contributed by atoms with van der Waals surface area (Å²) in [6.45, 7) is 3.61. The van der Waals surface area contributed by atoms with Gasteiger partial charge in [0.15, 0.2) is 0 Å². The second-order valence-electron chi connectivity index (χ2n) is 5.25. The summed E-state index contributed by atoms with van der Waals surface area (Å²) in [5.74, 6) is 0.450. The van der Waals surface area contributed by atoms with Crippen molar-refractivity contribution in [3.63, 3.8) is 0 Å². The summed E-state index contributed by atoms with van der Waals surface area (Å²) in [6, 6.07) is 1.55. The molecule has 1 unspecified atom stereocenters. The fourth-order valence-electron chi connectivity index (χ4n) is 2.73. The minimum absolute atomic E-state index is 0.0237. The smallest absolute Gasteiger partial charge is 0.241 e. The molecule has 1 aliphatic rings. The van der Waals surface area contributed by atoms with Crippen LogP contribution in [0.15, 0.2) is 11.0 Å². The first-order valence-electron chi connectivity index (χ1n) is 6.66. The van der Waals surface area contributed by atoms with Crippen LogP contribution in [0.5, 0.6) is 0 Å². The molecule has 0 aromatic carbocycles. The van der Waals surface area contributed by atoms with Crippen LogP contribution in [0.25, 0.3) is 0 Å². The van der Waals surface area contributed by atoms with Gasteiger partial charge in [0, 0.05) is 15.8 Å². The van der Waals surface area contributed by atoms with Gasteiger partial charge in [0.05, 0.1) is 11.5 Å². The third-order valence-electron chi connectivity index (χ3n) is 3.82. The van der Waals surface area contributed by atoms with E-state index >= 15 is 0 Å². The van der Waals surface area contributed by atoms with Crippen molar-refractivity contribution in [2.24, 2.45) is 5.92 Å². The third-order valence-corrected chi connectivity index (χ3v) is 6.67. The quantitative estimate of drug-likeness (QED) is 0.878. The minimum atomic E-state index is -3.47. The second-order valence-corrected chi connectivity index (χ2v) is 8.27. The van der Waals surface area contributed by atoms with Gasteiger partial charge in [0.1, 0.15) is 0 Å². The fourth-order valence-corrected chi connectivity index (χ4v) is 5.54. The Labute approximate surface area is 118 Å². The predicted octanol–water partition coefficient (Wildman–Crippen LogP) is 2.41. The van der Waals surface area contributed by atoms with E-state index in [9.17, 15) is 8.42 Å². The van der Waals surface area contributed by atoms with Crippen molar-refractivity contribution < 1.29 is 13.5 Å². The molecule has 108 valence electrons. The lowest BCUT2D eigenvalue weighted by Gasteiger charge is -2.20. The zero-order chi connectivity index (χ0) is 14.0. The van der Waals surface area contributed by atoms with E-state index in [1.54, 1.807) is 13.0 Å². The van der Waals surface area contributed by atoms with Crippen molar-refractivity contribution in [1.29, 1.82) is 0 Å². The first kappa shape index (κ1) is 15.0. The number of hydrogen-bond donors (Lipinski definition) is 2. The van der Waals surface area contributed by atoms with E-state index < -0.39 is 10.0 Å². The van der Waals surface area contributed by atoms with Gasteiger partial charge in [0.25, 0.3) is 0 Å². The number of hydrogen-bond acceptors (Lipinski definition) is 4. The average Bonchev–Trinajstić information content (AvgIpc) is 2.96. The summed E-state index contributed by atoms with van der Waals surface area (Å²) in [4.78, 5) is 1.73. The largest absolute Gasteiger partial charge is 0.391 e. The van der Waals surface area contributed by atoms with Gasteiger partial charge in [-0.25, -0.2) is 13.1 Å². The van der Waals surface area contributed by atoms with Gasteiger partial charge in [-0.3, -0.25) is 0 Å². The normalized spacial score (nSPS) is 18.9. The van der Waals surface area contributed by atoms with E-state index in [1.165, 1.54) is 24.2 Å². The molecule has 1 aromatic heterocycles. The average molecular weight is 303 g/mol. The van der Waals surface area contributed by atoms with E-state index in [-0.39, 0.29) is 12.6 Å². The molecule has 4 nitrogen and oxygen atoms in total. The highest BCUT2D eigenvalue weighted by Crippen LogP contribution is 2.30. The molecule has 1 aromatic rings. The Morgan fingerprint density at radius 1 is 1.47 bits per heavy atom. The van der Waals surface area contributed by atoms with Crippen LogP contribution in [0.4, 0.5) is 0 Å². The maximum atomic E-state index is 12.4. The zero-order valence-corrected chi connectivity index (χ0v) is 13.0. The third kappa shape index (κ3) is 3.37. The Kier molecular flexibility index (Phi) is 4.66. The van der Waals surface area contributed by atoms with E-state index in [1.807, 2.05) is 6.92 Å². The maximum Gasteiger partial charge on any atom is 0.241 e. The Morgan fingerprint density at radius 2 is 2.11 bits per heavy atom. The van der Waals surface area contributed by atoms with Crippen LogP contribution in [-0.2, 0) is 16.6 Å². The Morgan fingerprint density at radius 3 is 2.63 bits per heavy atom. The number of aryl methyl sites for hydroxylation is 1. The molecule has 6 heteroatoms. The molecule has 2 N–H and O–H groups in total. The molecule has 19 heavy (non-hydrogen) atoms. The summed E-state index contributed by atoms with van der Waals surface area (Å²) in [7, 11) is -3.47. The van der Waals surface area contributed by atoms with Crippen LogP contribution in [0, 0.1) is 12.8 Å². The monoisotopic (exact) mass is 303 g/mol. The minimum Gasteiger partial charge on any atom is -0.391 e. The summed E-state index contributed by atoms with van der Waals surface area (Å²) in [5, 5.41) is 9.09. The van der Waals surface area contributed by atoms with Crippen LogP contribution in [0.2, 0.25) is 0 Å². The van der Waals surface area contributed by atoms with Gasteiger partial charge in [-0.1, -0.05) is 12.8 Å². The van der Waals surface area contributed by atoms with Gasteiger partial charge in [-0.05, 0) is 38.7 Å². The number of aliphatic hydroxyl groups is 1. The lowest BCUT2D eigenvalue weighted by molar-refractivity contribution is 0.285. The van der Waals surface area contributed by atoms with E-state index in [4.69, 9.17) is 5.11 Å². The van der Waals surface area contributed by atoms with E-state index in [0.29, 0.717) is 15.7 Å². The van der Waals surface area contributed by atoms with Gasteiger partial charge in [-0.2, -0.15) is 0 Å². The van der Waals surface area contributed by atoms with Crippen molar-refractivity contribution in [3.05, 3.63) is 15.8 Å². The van der Waals surface area contributed by atoms with Gasteiger partial charge < -0.3 is 5.11 Å². The lowest BCUT2D eigenvalue weighted by Crippen LogP contribution is -2.37. The van der Waals surface area contributed by atoms with Gasteiger partial charge in [-0.15, -0.1) is 11.3 Å². The Bertz CT molecular complexity index is 530. The van der Waals surface area contributed by atoms with Crippen molar-refractivity contribution in [2.45, 2.75) is 57.1 Å². The van der Waals surface area contributed by atoms with Crippen LogP contribution in [0.1, 0.15) is 42.4 Å². The standard InChI is InChI=1S/C13H21NO3S2/c1-9(11-5-3-4-6-11)14-19(16,17)13-7-12(8-15)18-10(13)2/h7,9,11,14-15H,3-6,8H2,1-2H3. The summed E-state index contributed by atoms with van der Waals surface area (Å²) >= 11 is 1.33. The molecule has 1 saturated carbocycles. The Balaban J connectivity index is 2.14. The molecular formula is C13H21NO3S2. The number of rotatable bonds is 5. The molecule has 0 amide bonds. The van der Waals surface area contributed by atoms with Gasteiger partial charge >= 0.3 is 0 Å². The summed E-state index contributed by atoms with van der Waals surface area (Å²) < 4.78 is 27.5. The molecule has 0 radical (unpaired) electrons. The highest BCUT2D eigenvalue weighted by Gasteiger charge is 2.27. The van der Waals surface area contributed by atoms with Crippen LogP contribution in [-0.4, -0.2) is 19.6 Å². The van der Waals surface area contributed by atoms with Crippen LogP contribution >= 0.6 is 11.3 Å². The van der Waals surface area contributed by atoms with Crippen molar-refractivity contribution in [1.82, 2.24) is 4.72 Å². The van der Waals surface area contributed by atoms with E-state index in [0.717, 1.165) is 17.7 Å². The maximum absolute atomic E-state index is 12.4. The number of thiophene rings is 1. The topological polar surface area (TPSA) is 66.4 Å². The molecule has 0 spiro atoms. The van der Waals surface area contributed by atoms with Crippen LogP contribution < -0.4 is 4.72 Å². The molecule has 2 rings (SSSR count). The summed E-state index contributed by atoms with van der Waals surface area (Å²) in [5.41, 5.74) is 0. The fraction of sp³-hybridized carbons (Fsp3) is 0.692. The highest BCUT2D eigenvalue weighted by molar-refractivity contribution is 7.89. The molecule has 0 saturated heterocycles. The zero-order valence-electron chi connectivity index (χ0n) is 11.3. The first-order valence-corrected chi connectivity index (χ1v) is 8.96. The lowest BCUT2D eigenvalue weighted by atomic mass is 10.0. The highest BCUT2D eigenvalue weighted by atomic mass is 32.2. The SMILES string of the molecule is Cc1sc(CO)cc1S(=O)(=O)NC(C)C1CCCC1. The molecule has 1 heterocycles. The van der Waals surface area contributed by atoms with Crippen molar-refractivity contribution in [3.8, 4) is 0 Å². The molecule has 0 aliphatic heterocycles. The van der Waals surface area contributed by atoms with Gasteiger partial charge in [0.2, 0.25) is 10.0 Å². The number of nitrogens with one attached hydrogen (secondary N) is 1. The predicted molar refractivity (Wildman–Crippen MR) is 76.7 cm³/mol. The van der Waals surface area contributed by atoms with Crippen molar-refractivity contribution in [2.75, 3.05) is 0 Å². The number of sulfonamides is 1. The molecule has 1 atom stereocenters. The number of aliphatic hydroxyl groups excluding tert-OH is 1. The molecule has 1 fully saturated rings. The Hall–Kier alpha value is -0.430. The summed E-state index contributed by atoms with van der Waals surface area (Å²) in [6.07, 6.45) is 4.61. The second kappa shape index (κ2) is 5.91. The molecular weight excluding hydrogens is 282 g/mol. The van der Waals surface area contributed by atoms with Crippen molar-refractivity contribution >= 4 is 21.4 Å².